The van der Waals surface area contributed by atoms with Crippen molar-refractivity contribution in [3.05, 3.63) is 30.4 Å². The van der Waals surface area contributed by atoms with Crippen LogP contribution in [0.2, 0.25) is 0 Å². The monoisotopic (exact) mass is 441 g/mol. The number of hydrogen-bond acceptors (Lipinski definition) is 6. The lowest BCUT2D eigenvalue weighted by Gasteiger charge is -2.30. The summed E-state index contributed by atoms with van der Waals surface area (Å²) in [5.41, 5.74) is 0.906. The summed E-state index contributed by atoms with van der Waals surface area (Å²) in [7, 11) is 1.93. The van der Waals surface area contributed by atoms with E-state index in [4.69, 9.17) is 14.5 Å². The summed E-state index contributed by atoms with van der Waals surface area (Å²) in [6.07, 6.45) is 6.27. The number of guanidine groups is 1. The molecule has 0 spiro atoms. The van der Waals surface area contributed by atoms with Gasteiger partial charge in [0.2, 0.25) is 0 Å². The van der Waals surface area contributed by atoms with Crippen LogP contribution in [0.5, 0.6) is 11.5 Å². The zero-order valence-corrected chi connectivity index (χ0v) is 19.2. The van der Waals surface area contributed by atoms with Crippen LogP contribution < -0.4 is 20.1 Å². The van der Waals surface area contributed by atoms with Gasteiger partial charge >= 0.3 is 0 Å². The van der Waals surface area contributed by atoms with E-state index in [2.05, 4.69) is 32.7 Å². The third-order valence-corrected chi connectivity index (χ3v) is 6.01. The predicted molar refractivity (Wildman–Crippen MR) is 125 cm³/mol. The Morgan fingerprint density at radius 2 is 2.00 bits per heavy atom. The number of aliphatic imine (C=N–C) groups is 1. The summed E-state index contributed by atoms with van der Waals surface area (Å²) >= 11 is 0. The molecule has 4 rings (SSSR count). The SMILES string of the molecule is CC1CCN(CCCNC(=NCc2nncn2C)Nc2ccc3c(c2)OCCCO3)CC1. The van der Waals surface area contributed by atoms with E-state index in [0.29, 0.717) is 19.8 Å². The maximum absolute atomic E-state index is 5.83. The molecule has 1 aromatic heterocycles. The van der Waals surface area contributed by atoms with E-state index in [9.17, 15) is 0 Å². The number of anilines is 1. The fourth-order valence-corrected chi connectivity index (χ4v) is 3.91. The minimum Gasteiger partial charge on any atom is -0.490 e. The topological polar surface area (TPSA) is 88.8 Å². The number of benzene rings is 1. The number of piperidine rings is 1. The van der Waals surface area contributed by atoms with Gasteiger partial charge in [-0.05, 0) is 56.9 Å². The highest BCUT2D eigenvalue weighted by Crippen LogP contribution is 2.32. The first kappa shape index (κ1) is 22.4. The molecule has 2 aromatic rings. The fraction of sp³-hybridized carbons (Fsp3) is 0.609. The molecule has 2 aliphatic rings. The number of aryl methyl sites for hydroxylation is 1. The Hall–Kier alpha value is -2.81. The summed E-state index contributed by atoms with van der Waals surface area (Å²) in [4.78, 5) is 7.30. The Labute approximate surface area is 190 Å². The lowest BCUT2D eigenvalue weighted by atomic mass is 9.99. The highest BCUT2D eigenvalue weighted by atomic mass is 16.5. The van der Waals surface area contributed by atoms with E-state index >= 15 is 0 Å². The number of hydrogen-bond donors (Lipinski definition) is 2. The number of rotatable bonds is 7. The second kappa shape index (κ2) is 11.2. The number of aromatic nitrogens is 3. The van der Waals surface area contributed by atoms with Gasteiger partial charge in [-0.15, -0.1) is 10.2 Å². The van der Waals surface area contributed by atoms with Crippen molar-refractivity contribution in [3.8, 4) is 11.5 Å². The van der Waals surface area contributed by atoms with Crippen LogP contribution in [0.3, 0.4) is 0 Å². The van der Waals surface area contributed by atoms with Gasteiger partial charge in [0.1, 0.15) is 12.9 Å². The highest BCUT2D eigenvalue weighted by Gasteiger charge is 2.15. The lowest BCUT2D eigenvalue weighted by molar-refractivity contribution is 0.191. The Morgan fingerprint density at radius 1 is 1.19 bits per heavy atom. The number of likely N-dealkylation sites (tertiary alicyclic amines) is 1. The van der Waals surface area contributed by atoms with Crippen LogP contribution in [-0.4, -0.2) is 65.0 Å². The molecular formula is C23H35N7O2. The van der Waals surface area contributed by atoms with Crippen LogP contribution in [0.4, 0.5) is 5.69 Å². The maximum Gasteiger partial charge on any atom is 0.196 e. The summed E-state index contributed by atoms with van der Waals surface area (Å²) in [5.74, 6) is 3.94. The van der Waals surface area contributed by atoms with E-state index in [1.54, 1.807) is 6.33 Å². The molecule has 3 heterocycles. The van der Waals surface area contributed by atoms with Crippen molar-refractivity contribution >= 4 is 11.6 Å². The van der Waals surface area contributed by atoms with Crippen LogP contribution in [0.15, 0.2) is 29.5 Å². The second-order valence-corrected chi connectivity index (χ2v) is 8.66. The minimum absolute atomic E-state index is 0.445. The summed E-state index contributed by atoms with van der Waals surface area (Å²) in [6, 6.07) is 5.90. The van der Waals surface area contributed by atoms with Crippen LogP contribution in [0, 0.1) is 5.92 Å². The third-order valence-electron chi connectivity index (χ3n) is 6.01. The first-order valence-electron chi connectivity index (χ1n) is 11.7. The molecule has 0 radical (unpaired) electrons. The van der Waals surface area contributed by atoms with E-state index in [0.717, 1.165) is 60.8 Å². The fourth-order valence-electron chi connectivity index (χ4n) is 3.91. The molecule has 9 nitrogen and oxygen atoms in total. The normalized spacial score (nSPS) is 17.8. The van der Waals surface area contributed by atoms with Gasteiger partial charge in [-0.2, -0.15) is 0 Å². The smallest absolute Gasteiger partial charge is 0.196 e. The third kappa shape index (κ3) is 6.35. The Kier molecular flexibility index (Phi) is 7.82. The maximum atomic E-state index is 5.83. The molecule has 2 aliphatic heterocycles. The summed E-state index contributed by atoms with van der Waals surface area (Å²) < 4.78 is 13.4. The van der Waals surface area contributed by atoms with Gasteiger partial charge in [0, 0.05) is 31.8 Å². The van der Waals surface area contributed by atoms with Crippen molar-refractivity contribution in [1.82, 2.24) is 25.0 Å². The van der Waals surface area contributed by atoms with Gasteiger partial charge in [-0.25, -0.2) is 4.99 Å². The van der Waals surface area contributed by atoms with E-state index in [1.807, 2.05) is 29.8 Å². The molecule has 32 heavy (non-hydrogen) atoms. The Bertz CT molecular complexity index is 890. The molecule has 1 saturated heterocycles. The zero-order valence-electron chi connectivity index (χ0n) is 19.2. The van der Waals surface area contributed by atoms with Gasteiger partial charge in [-0.1, -0.05) is 6.92 Å². The molecule has 9 heteroatoms. The average molecular weight is 442 g/mol. The summed E-state index contributed by atoms with van der Waals surface area (Å²) in [6.45, 7) is 8.53. The van der Waals surface area contributed by atoms with Crippen LogP contribution in [0.1, 0.15) is 38.4 Å². The molecule has 1 fully saturated rings. The average Bonchev–Trinajstić information content (AvgIpc) is 3.06. The van der Waals surface area contributed by atoms with Crippen molar-refractivity contribution in [1.29, 1.82) is 0 Å². The molecular weight excluding hydrogens is 406 g/mol. The Morgan fingerprint density at radius 3 is 2.78 bits per heavy atom. The molecule has 0 bridgehead atoms. The van der Waals surface area contributed by atoms with Gasteiger partial charge in [-0.3, -0.25) is 0 Å². The molecule has 0 unspecified atom stereocenters. The van der Waals surface area contributed by atoms with Gasteiger partial charge in [0.15, 0.2) is 23.3 Å². The van der Waals surface area contributed by atoms with Crippen molar-refractivity contribution in [2.45, 2.75) is 39.2 Å². The van der Waals surface area contributed by atoms with Crippen molar-refractivity contribution < 1.29 is 9.47 Å². The van der Waals surface area contributed by atoms with E-state index in [1.165, 1.54) is 25.9 Å². The van der Waals surface area contributed by atoms with Crippen LogP contribution in [0.25, 0.3) is 0 Å². The standard InChI is InChI=1S/C23H35N7O2/c1-18-7-11-30(12-8-18)10-3-9-24-23(25-16-22-28-26-17-29(22)2)27-19-5-6-20-21(15-19)32-14-4-13-31-20/h5-6,15,17-18H,3-4,7-14,16H2,1-2H3,(H2,24,25,27). The van der Waals surface area contributed by atoms with Crippen molar-refractivity contribution in [2.24, 2.45) is 18.0 Å². The largest absolute Gasteiger partial charge is 0.490 e. The first-order valence-corrected chi connectivity index (χ1v) is 11.7. The molecule has 0 saturated carbocycles. The quantitative estimate of drug-likeness (QED) is 0.388. The number of ether oxygens (including phenoxy) is 2. The molecule has 0 atom stereocenters. The van der Waals surface area contributed by atoms with Gasteiger partial charge in [0.05, 0.1) is 13.2 Å². The predicted octanol–water partition coefficient (Wildman–Crippen LogP) is 2.66. The summed E-state index contributed by atoms with van der Waals surface area (Å²) in [5, 5.41) is 15.0. The van der Waals surface area contributed by atoms with Gasteiger partial charge in [0.25, 0.3) is 0 Å². The minimum atomic E-state index is 0.445. The van der Waals surface area contributed by atoms with E-state index in [-0.39, 0.29) is 0 Å². The molecule has 0 amide bonds. The molecule has 1 aromatic carbocycles. The lowest BCUT2D eigenvalue weighted by Crippen LogP contribution is -2.37. The van der Waals surface area contributed by atoms with Crippen LogP contribution >= 0.6 is 0 Å². The van der Waals surface area contributed by atoms with Crippen LogP contribution in [-0.2, 0) is 13.6 Å². The number of nitrogens with one attached hydrogen (secondary N) is 2. The molecule has 0 aliphatic carbocycles. The zero-order chi connectivity index (χ0) is 22.2. The van der Waals surface area contributed by atoms with Crippen molar-refractivity contribution in [3.63, 3.8) is 0 Å². The highest BCUT2D eigenvalue weighted by molar-refractivity contribution is 5.93. The molecule has 2 N–H and O–H groups in total. The van der Waals surface area contributed by atoms with E-state index < -0.39 is 0 Å². The second-order valence-electron chi connectivity index (χ2n) is 8.66. The Balaban J connectivity index is 1.36. The number of fused-ring (bicyclic) bond motifs is 1. The van der Waals surface area contributed by atoms with Gasteiger partial charge < -0.3 is 29.6 Å². The first-order chi connectivity index (χ1) is 15.7. The number of nitrogens with zero attached hydrogens (tertiary/aromatic N) is 5. The van der Waals surface area contributed by atoms with Crippen molar-refractivity contribution in [2.75, 3.05) is 44.7 Å². The molecule has 174 valence electrons.